The first-order chi connectivity index (χ1) is 4.73. The quantitative estimate of drug-likeness (QED) is 0.293. The van der Waals surface area contributed by atoms with Crippen LogP contribution in [-0.2, 0) is 0 Å². The summed E-state index contributed by atoms with van der Waals surface area (Å²) in [5, 5.41) is 17.4. The third-order valence-electron chi connectivity index (χ3n) is 0.607. The molecule has 0 saturated heterocycles. The van der Waals surface area contributed by atoms with Crippen LogP contribution in [0.4, 0.5) is 0 Å². The molecule has 54 valence electrons. The van der Waals surface area contributed by atoms with Gasteiger partial charge < -0.3 is 10.4 Å². The predicted octanol–water partition coefficient (Wildman–Crippen LogP) is 0.196. The van der Waals surface area contributed by atoms with E-state index in [1.807, 2.05) is 30.6 Å². The Labute approximate surface area is 58.6 Å². The highest BCUT2D eigenvalue weighted by Crippen LogP contribution is 1.68. The van der Waals surface area contributed by atoms with Crippen LogP contribution in [0.25, 0.3) is 0 Å². The highest BCUT2D eigenvalue weighted by molar-refractivity contribution is 5.14. The first-order valence-electron chi connectivity index (χ1n) is 2.59. The van der Waals surface area contributed by atoms with E-state index in [1.165, 1.54) is 0 Å². The van der Waals surface area contributed by atoms with Crippen LogP contribution in [-0.4, -0.2) is 11.6 Å². The lowest BCUT2D eigenvalue weighted by Crippen LogP contribution is -1.93. The van der Waals surface area contributed by atoms with Gasteiger partial charge in [0.15, 0.2) is 19.1 Å². The number of aromatic nitrogens is 1. The molecule has 4 nitrogen and oxygen atoms in total. The molecule has 1 aromatic heterocycles. The zero-order chi connectivity index (χ0) is 7.82. The molecule has 1 aromatic rings. The van der Waals surface area contributed by atoms with Crippen molar-refractivity contribution in [1.29, 1.82) is 0 Å². The van der Waals surface area contributed by atoms with Crippen molar-refractivity contribution in [2.45, 2.75) is 0 Å². The van der Waals surface area contributed by atoms with Crippen LogP contribution in [0.3, 0.4) is 0 Å². The van der Waals surface area contributed by atoms with Gasteiger partial charge in [-0.2, -0.15) is 4.90 Å². The second kappa shape index (κ2) is 5.55. The molecule has 0 unspecified atom stereocenters. The molecule has 0 radical (unpaired) electrons. The van der Waals surface area contributed by atoms with Crippen molar-refractivity contribution in [2.75, 3.05) is 0 Å². The van der Waals surface area contributed by atoms with E-state index in [4.69, 9.17) is 10.4 Å². The third-order valence-corrected chi connectivity index (χ3v) is 0.607. The largest absolute Gasteiger partial charge is 0.613 e. The average Bonchev–Trinajstić information content (AvgIpc) is 1.90. The summed E-state index contributed by atoms with van der Waals surface area (Å²) in [7, 11) is 0. The maximum absolute atomic E-state index is 8.69. The minimum absolute atomic E-state index is 0.750. The Bertz CT molecular complexity index is 146. The van der Waals surface area contributed by atoms with E-state index < -0.39 is 4.90 Å². The van der Waals surface area contributed by atoms with Crippen molar-refractivity contribution >= 4 is 6.72 Å². The summed E-state index contributed by atoms with van der Waals surface area (Å²) in [5.74, 6) is 0. The second-order valence-electron chi connectivity index (χ2n) is 1.41. The van der Waals surface area contributed by atoms with Gasteiger partial charge >= 0.3 is 0 Å². The van der Waals surface area contributed by atoms with Gasteiger partial charge in [-0.1, -0.05) is 6.07 Å². The van der Waals surface area contributed by atoms with Gasteiger partial charge in [0.25, 0.3) is 0 Å². The molecule has 10 heavy (non-hydrogen) atoms. The topological polar surface area (TPSA) is 63.3 Å². The lowest BCUT2D eigenvalue weighted by molar-refractivity contribution is -0.377. The van der Waals surface area contributed by atoms with Crippen LogP contribution >= 0.6 is 0 Å². The molecular weight excluding hydrogens is 132 g/mol. The number of hydrogen-bond acceptors (Lipinski definition) is 2. The maximum Gasteiger partial charge on any atom is 0.166 e. The highest BCUT2D eigenvalue weighted by atomic mass is 16.8. The first-order valence-corrected chi connectivity index (χ1v) is 2.59. The number of hydrogen-bond donors (Lipinski definition) is 0. The lowest BCUT2D eigenvalue weighted by atomic mass is 10.5. The molecule has 0 spiro atoms. The normalized spacial score (nSPS) is 7.20. The Kier molecular flexibility index (Phi) is 4.68. The molecule has 0 aliphatic carbocycles. The van der Waals surface area contributed by atoms with Gasteiger partial charge in [0.1, 0.15) is 0 Å². The molecule has 1 N–H and O–H groups in total. The van der Waals surface area contributed by atoms with Crippen molar-refractivity contribution in [3.05, 3.63) is 41.0 Å². The van der Waals surface area contributed by atoms with Gasteiger partial charge in [0.2, 0.25) is 0 Å². The number of H-pyrrole nitrogens is 1. The summed E-state index contributed by atoms with van der Waals surface area (Å²) in [4.78, 5) is 2.14. The van der Waals surface area contributed by atoms with E-state index in [2.05, 4.69) is 11.7 Å². The zero-order valence-corrected chi connectivity index (χ0v) is 5.36. The molecule has 0 saturated carbocycles. The standard InChI is InChI=1S/C5H5N.CH2NO2/c1-2-4-6-5-3-1;1-2(3)4/h1-5H;1H2/q;-1/p+1. The molecule has 0 bridgehead atoms. The van der Waals surface area contributed by atoms with Crippen LogP contribution in [0, 0.1) is 10.4 Å². The maximum atomic E-state index is 8.69. The van der Waals surface area contributed by atoms with E-state index in [-0.39, 0.29) is 0 Å². The summed E-state index contributed by atoms with van der Waals surface area (Å²) in [6.45, 7) is 2.36. The van der Waals surface area contributed by atoms with Gasteiger partial charge in [-0.3, -0.25) is 0 Å². The zero-order valence-electron chi connectivity index (χ0n) is 5.36. The van der Waals surface area contributed by atoms with E-state index in [0.29, 0.717) is 0 Å². The third kappa shape index (κ3) is 9.65. The Morgan fingerprint density at radius 2 is 1.50 bits per heavy atom. The Morgan fingerprint density at radius 1 is 1.10 bits per heavy atom. The minimum atomic E-state index is -0.750. The lowest BCUT2D eigenvalue weighted by Gasteiger charge is -1.94. The fourth-order valence-corrected chi connectivity index (χ4v) is 0.342. The van der Waals surface area contributed by atoms with Crippen molar-refractivity contribution in [1.82, 2.24) is 0 Å². The van der Waals surface area contributed by atoms with Crippen molar-refractivity contribution in [3.63, 3.8) is 0 Å². The number of nitrogens with one attached hydrogen (secondary N) is 1. The van der Waals surface area contributed by atoms with Gasteiger partial charge in [0, 0.05) is 12.1 Å². The molecule has 1 heterocycles. The SMILES string of the molecule is C=[N+]([O-])[O-].c1cc[nH+]cc1. The molecule has 4 heteroatoms. The molecular formula is C6H8N2O2. The Hall–Kier alpha value is -1.58. The van der Waals surface area contributed by atoms with Crippen molar-refractivity contribution in [3.8, 4) is 0 Å². The minimum Gasteiger partial charge on any atom is -0.613 e. The van der Waals surface area contributed by atoms with E-state index in [9.17, 15) is 0 Å². The van der Waals surface area contributed by atoms with Crippen LogP contribution in [0.1, 0.15) is 0 Å². The summed E-state index contributed by atoms with van der Waals surface area (Å²) >= 11 is 0. The fourth-order valence-electron chi connectivity index (χ4n) is 0.342. The van der Waals surface area contributed by atoms with Crippen LogP contribution in [0.2, 0.25) is 0 Å². The van der Waals surface area contributed by atoms with E-state index >= 15 is 0 Å². The van der Waals surface area contributed by atoms with E-state index in [0.717, 1.165) is 0 Å². The summed E-state index contributed by atoms with van der Waals surface area (Å²) < 4.78 is 0. The van der Waals surface area contributed by atoms with Gasteiger partial charge in [-0.15, -0.1) is 0 Å². The molecule has 0 aliphatic rings. The van der Waals surface area contributed by atoms with E-state index in [1.54, 1.807) is 0 Å². The predicted molar refractivity (Wildman–Crippen MR) is 37.1 cm³/mol. The van der Waals surface area contributed by atoms with Crippen molar-refractivity contribution < 1.29 is 9.89 Å². The number of nitrogens with zero attached hydrogens (tertiary/aromatic N) is 1. The van der Waals surface area contributed by atoms with Gasteiger partial charge in [-0.25, -0.2) is 4.98 Å². The van der Waals surface area contributed by atoms with Gasteiger partial charge in [0.05, 0.1) is 0 Å². The molecule has 0 amide bonds. The number of aromatic amines is 1. The highest BCUT2D eigenvalue weighted by Gasteiger charge is 1.65. The smallest absolute Gasteiger partial charge is 0.166 e. The summed E-state index contributed by atoms with van der Waals surface area (Å²) in [6, 6.07) is 5.86. The Balaban J connectivity index is 0.000000180. The van der Waals surface area contributed by atoms with Crippen molar-refractivity contribution in [2.24, 2.45) is 0 Å². The molecule has 1 rings (SSSR count). The second-order valence-corrected chi connectivity index (χ2v) is 1.41. The monoisotopic (exact) mass is 140 g/mol. The van der Waals surface area contributed by atoms with Crippen LogP contribution in [0.5, 0.6) is 0 Å². The number of pyridine rings is 1. The Morgan fingerprint density at radius 3 is 1.60 bits per heavy atom. The van der Waals surface area contributed by atoms with Crippen LogP contribution in [0.15, 0.2) is 30.6 Å². The summed E-state index contributed by atoms with van der Waals surface area (Å²) in [5.41, 5.74) is 0. The summed E-state index contributed by atoms with van der Waals surface area (Å²) in [6.07, 6.45) is 3.75. The van der Waals surface area contributed by atoms with Gasteiger partial charge in [-0.05, 0) is 0 Å². The molecule has 0 fully saturated rings. The first kappa shape index (κ1) is 8.42. The average molecular weight is 140 g/mol. The fraction of sp³-hybridized carbons (Fsp3) is 0. The molecule has 0 aliphatic heterocycles. The number of rotatable bonds is 0. The van der Waals surface area contributed by atoms with Crippen LogP contribution < -0.4 is 4.98 Å². The molecule has 0 aromatic carbocycles. The molecule has 0 atom stereocenters.